The molecule has 0 aliphatic carbocycles. The van der Waals surface area contributed by atoms with Crippen molar-refractivity contribution in [3.8, 4) is 28.0 Å². The van der Waals surface area contributed by atoms with Crippen molar-refractivity contribution >= 4 is 34.8 Å². The predicted molar refractivity (Wildman–Crippen MR) is 94.6 cm³/mol. The smallest absolute Gasteiger partial charge is 0.252 e. The SMILES string of the molecule is O=c1cc(O)c(-c2cccc(-c3cccc(Cl)c3Cl)c2)c(Cl)[nH]1. The molecule has 116 valence electrons. The van der Waals surface area contributed by atoms with Crippen LogP contribution in [0.2, 0.25) is 15.2 Å². The van der Waals surface area contributed by atoms with Gasteiger partial charge in [0.15, 0.2) is 0 Å². The lowest BCUT2D eigenvalue weighted by Gasteiger charge is -2.10. The number of rotatable bonds is 2. The van der Waals surface area contributed by atoms with Gasteiger partial charge in [-0.1, -0.05) is 65.1 Å². The molecule has 0 amide bonds. The van der Waals surface area contributed by atoms with Crippen molar-refractivity contribution in [1.29, 1.82) is 0 Å². The fraction of sp³-hybridized carbons (Fsp3) is 0. The number of aromatic nitrogens is 1. The third-order valence-corrected chi connectivity index (χ3v) is 4.49. The van der Waals surface area contributed by atoms with Gasteiger partial charge < -0.3 is 10.1 Å². The molecule has 0 radical (unpaired) electrons. The molecule has 23 heavy (non-hydrogen) atoms. The fourth-order valence-electron chi connectivity index (χ4n) is 2.36. The molecule has 0 saturated heterocycles. The van der Waals surface area contributed by atoms with E-state index in [-0.39, 0.29) is 10.9 Å². The molecule has 0 unspecified atom stereocenters. The molecule has 3 nitrogen and oxygen atoms in total. The highest BCUT2D eigenvalue weighted by atomic mass is 35.5. The molecule has 2 aromatic carbocycles. The number of aromatic amines is 1. The van der Waals surface area contributed by atoms with Crippen molar-refractivity contribution in [2.24, 2.45) is 0 Å². The normalized spacial score (nSPS) is 10.7. The summed E-state index contributed by atoms with van der Waals surface area (Å²) < 4.78 is 0. The third kappa shape index (κ3) is 3.08. The first-order valence-corrected chi connectivity index (χ1v) is 7.77. The van der Waals surface area contributed by atoms with Crippen LogP contribution in [0.3, 0.4) is 0 Å². The minimum absolute atomic E-state index is 0.0735. The van der Waals surface area contributed by atoms with Crippen molar-refractivity contribution in [2.45, 2.75) is 0 Å². The Hall–Kier alpha value is -1.94. The number of nitrogens with one attached hydrogen (secondary N) is 1. The number of hydrogen-bond acceptors (Lipinski definition) is 2. The number of hydrogen-bond donors (Lipinski definition) is 2. The molecule has 1 heterocycles. The number of benzene rings is 2. The van der Waals surface area contributed by atoms with Crippen LogP contribution >= 0.6 is 34.8 Å². The van der Waals surface area contributed by atoms with Crippen LogP contribution < -0.4 is 5.56 Å². The van der Waals surface area contributed by atoms with Crippen LogP contribution in [0.4, 0.5) is 0 Å². The number of halogens is 3. The number of pyridine rings is 1. The summed E-state index contributed by atoms with van der Waals surface area (Å²) in [7, 11) is 0. The van der Waals surface area contributed by atoms with Gasteiger partial charge in [-0.15, -0.1) is 0 Å². The van der Waals surface area contributed by atoms with E-state index in [0.717, 1.165) is 17.2 Å². The molecule has 0 aliphatic rings. The lowest BCUT2D eigenvalue weighted by atomic mass is 9.99. The second-order valence-corrected chi connectivity index (χ2v) is 6.05. The van der Waals surface area contributed by atoms with Crippen LogP contribution in [0.1, 0.15) is 0 Å². The van der Waals surface area contributed by atoms with Gasteiger partial charge in [0.1, 0.15) is 10.9 Å². The van der Waals surface area contributed by atoms with Gasteiger partial charge in [0.2, 0.25) is 0 Å². The maximum Gasteiger partial charge on any atom is 0.252 e. The monoisotopic (exact) mass is 365 g/mol. The zero-order chi connectivity index (χ0) is 16.6. The molecule has 0 aliphatic heterocycles. The highest BCUT2D eigenvalue weighted by Gasteiger charge is 2.13. The summed E-state index contributed by atoms with van der Waals surface area (Å²) in [6.45, 7) is 0. The fourth-order valence-corrected chi connectivity index (χ4v) is 3.07. The first kappa shape index (κ1) is 15.9. The molecular formula is C17H10Cl3NO2. The molecular weight excluding hydrogens is 357 g/mol. The first-order chi connectivity index (χ1) is 11.0. The molecule has 0 fully saturated rings. The second kappa shape index (κ2) is 6.28. The van der Waals surface area contributed by atoms with Crippen LogP contribution in [0.15, 0.2) is 53.3 Å². The maximum atomic E-state index is 11.3. The molecule has 3 aromatic rings. The number of H-pyrrole nitrogens is 1. The van der Waals surface area contributed by atoms with E-state index in [0.29, 0.717) is 21.2 Å². The Balaban J connectivity index is 2.19. The van der Waals surface area contributed by atoms with E-state index in [9.17, 15) is 9.90 Å². The summed E-state index contributed by atoms with van der Waals surface area (Å²) >= 11 is 18.4. The summed E-state index contributed by atoms with van der Waals surface area (Å²) in [6.07, 6.45) is 0. The Labute approximate surface area is 147 Å². The highest BCUT2D eigenvalue weighted by molar-refractivity contribution is 6.43. The zero-order valence-corrected chi connectivity index (χ0v) is 13.9. The quantitative estimate of drug-likeness (QED) is 0.599. The second-order valence-electron chi connectivity index (χ2n) is 4.89. The predicted octanol–water partition coefficient (Wildman–Crippen LogP) is 5.37. The largest absolute Gasteiger partial charge is 0.507 e. The Morgan fingerprint density at radius 1 is 0.913 bits per heavy atom. The summed E-state index contributed by atoms with van der Waals surface area (Å²) in [5.74, 6) is -0.187. The summed E-state index contributed by atoms with van der Waals surface area (Å²) in [4.78, 5) is 13.8. The van der Waals surface area contributed by atoms with Gasteiger partial charge in [-0.2, -0.15) is 0 Å². The van der Waals surface area contributed by atoms with Crippen molar-refractivity contribution in [3.05, 3.63) is 74.1 Å². The van der Waals surface area contributed by atoms with E-state index in [4.69, 9.17) is 34.8 Å². The van der Waals surface area contributed by atoms with Crippen LogP contribution in [0.5, 0.6) is 5.75 Å². The topological polar surface area (TPSA) is 53.1 Å². The Bertz CT molecular complexity index is 925. The highest BCUT2D eigenvalue weighted by Crippen LogP contribution is 2.38. The Morgan fingerprint density at radius 2 is 1.61 bits per heavy atom. The third-order valence-electron chi connectivity index (χ3n) is 3.39. The van der Waals surface area contributed by atoms with Crippen molar-refractivity contribution in [2.75, 3.05) is 0 Å². The average Bonchev–Trinajstić information content (AvgIpc) is 2.49. The molecule has 0 bridgehead atoms. The molecule has 2 N–H and O–H groups in total. The van der Waals surface area contributed by atoms with Gasteiger partial charge in [0.25, 0.3) is 5.56 Å². The lowest BCUT2D eigenvalue weighted by Crippen LogP contribution is -2.04. The van der Waals surface area contributed by atoms with E-state index in [1.807, 2.05) is 24.3 Å². The van der Waals surface area contributed by atoms with Crippen LogP contribution in [-0.2, 0) is 0 Å². The number of aromatic hydroxyl groups is 1. The average molecular weight is 367 g/mol. The molecule has 0 spiro atoms. The Kier molecular flexibility index (Phi) is 4.35. The zero-order valence-electron chi connectivity index (χ0n) is 11.6. The van der Waals surface area contributed by atoms with Gasteiger partial charge >= 0.3 is 0 Å². The summed E-state index contributed by atoms with van der Waals surface area (Å²) in [5.41, 5.74) is 2.12. The van der Waals surface area contributed by atoms with E-state index >= 15 is 0 Å². The molecule has 3 rings (SSSR count). The summed E-state index contributed by atoms with van der Waals surface area (Å²) in [6, 6.07) is 13.7. The van der Waals surface area contributed by atoms with Crippen LogP contribution in [0, 0.1) is 0 Å². The minimum Gasteiger partial charge on any atom is -0.507 e. The van der Waals surface area contributed by atoms with Crippen molar-refractivity contribution in [1.82, 2.24) is 4.98 Å². The van der Waals surface area contributed by atoms with Gasteiger partial charge in [0.05, 0.1) is 15.6 Å². The van der Waals surface area contributed by atoms with Gasteiger partial charge in [-0.05, 0) is 23.3 Å². The maximum absolute atomic E-state index is 11.3. The van der Waals surface area contributed by atoms with Gasteiger partial charge in [-0.25, -0.2) is 0 Å². The van der Waals surface area contributed by atoms with Gasteiger partial charge in [-0.3, -0.25) is 4.79 Å². The molecule has 0 saturated carbocycles. The van der Waals surface area contributed by atoms with E-state index in [2.05, 4.69) is 4.98 Å². The van der Waals surface area contributed by atoms with Crippen molar-refractivity contribution in [3.63, 3.8) is 0 Å². The van der Waals surface area contributed by atoms with E-state index in [1.165, 1.54) is 0 Å². The van der Waals surface area contributed by atoms with Gasteiger partial charge in [0, 0.05) is 11.6 Å². The van der Waals surface area contributed by atoms with Crippen LogP contribution in [0.25, 0.3) is 22.3 Å². The first-order valence-electron chi connectivity index (χ1n) is 6.64. The lowest BCUT2D eigenvalue weighted by molar-refractivity contribution is 0.476. The van der Waals surface area contributed by atoms with E-state index < -0.39 is 5.56 Å². The standard InChI is InChI=1S/C17H10Cl3NO2/c18-12-6-2-5-11(16(12)19)9-3-1-4-10(7-9)15-13(22)8-14(23)21-17(15)20/h1-8H,(H2,21,22,23). The molecule has 1 aromatic heterocycles. The minimum atomic E-state index is -0.467. The van der Waals surface area contributed by atoms with Crippen molar-refractivity contribution < 1.29 is 5.11 Å². The van der Waals surface area contributed by atoms with E-state index in [1.54, 1.807) is 18.2 Å². The molecule has 0 atom stereocenters. The van der Waals surface area contributed by atoms with Crippen LogP contribution in [-0.4, -0.2) is 10.1 Å². The molecule has 6 heteroatoms. The Morgan fingerprint density at radius 3 is 2.35 bits per heavy atom. The summed E-state index contributed by atoms with van der Waals surface area (Å²) in [5, 5.41) is 11.0.